The fourth-order valence-corrected chi connectivity index (χ4v) is 1.83. The van der Waals surface area contributed by atoms with E-state index >= 15 is 0 Å². The minimum Gasteiger partial charge on any atom is -0.369 e. The molecule has 15 heavy (non-hydrogen) atoms. The third-order valence-corrected chi connectivity index (χ3v) is 3.26. The Morgan fingerprint density at radius 2 is 2.13 bits per heavy atom. The maximum atomic E-state index is 11.7. The summed E-state index contributed by atoms with van der Waals surface area (Å²) in [6.45, 7) is 2.89. The molecule has 1 heterocycles. The molecule has 3 amide bonds. The van der Waals surface area contributed by atoms with Crippen molar-refractivity contribution >= 4 is 11.9 Å². The van der Waals surface area contributed by atoms with E-state index < -0.39 is 5.41 Å². The number of carbonyl (C=O) groups excluding carboxylic acids is 2. The average molecular weight is 211 g/mol. The van der Waals surface area contributed by atoms with Gasteiger partial charge in [-0.1, -0.05) is 0 Å². The molecule has 1 aliphatic heterocycles. The van der Waals surface area contributed by atoms with Crippen molar-refractivity contribution in [3.63, 3.8) is 0 Å². The third kappa shape index (κ3) is 2.06. The number of urea groups is 1. The Balaban J connectivity index is 1.90. The van der Waals surface area contributed by atoms with Gasteiger partial charge < -0.3 is 16.0 Å². The number of nitrogens with one attached hydrogen (secondary N) is 1. The van der Waals surface area contributed by atoms with Gasteiger partial charge in [0.25, 0.3) is 0 Å². The number of amides is 3. The molecule has 1 unspecified atom stereocenters. The molecule has 1 atom stereocenters. The summed E-state index contributed by atoms with van der Waals surface area (Å²) in [4.78, 5) is 24.5. The van der Waals surface area contributed by atoms with Gasteiger partial charge in [-0.2, -0.15) is 0 Å². The molecular weight excluding hydrogens is 194 g/mol. The van der Waals surface area contributed by atoms with Crippen LogP contribution in [0.5, 0.6) is 0 Å². The van der Waals surface area contributed by atoms with Gasteiger partial charge in [0.2, 0.25) is 5.91 Å². The van der Waals surface area contributed by atoms with Crippen LogP contribution < -0.4 is 11.1 Å². The molecule has 1 saturated carbocycles. The Morgan fingerprint density at radius 1 is 1.47 bits per heavy atom. The summed E-state index contributed by atoms with van der Waals surface area (Å²) in [5.74, 6) is -0.316. The number of carbonyl (C=O) groups is 2. The fourth-order valence-electron chi connectivity index (χ4n) is 1.83. The van der Waals surface area contributed by atoms with Crippen LogP contribution in [0.25, 0.3) is 0 Å². The lowest BCUT2D eigenvalue weighted by molar-refractivity contribution is -0.126. The van der Waals surface area contributed by atoms with Crippen LogP contribution in [-0.4, -0.2) is 36.0 Å². The summed E-state index contributed by atoms with van der Waals surface area (Å²) in [5.41, 5.74) is 4.77. The first-order chi connectivity index (χ1) is 7.01. The van der Waals surface area contributed by atoms with Crippen molar-refractivity contribution in [1.29, 1.82) is 0 Å². The van der Waals surface area contributed by atoms with Crippen LogP contribution >= 0.6 is 0 Å². The number of nitrogens with zero attached hydrogens (tertiary/aromatic N) is 1. The number of hydrogen-bond donors (Lipinski definition) is 2. The minimum atomic E-state index is -0.541. The molecule has 0 aromatic carbocycles. The van der Waals surface area contributed by atoms with Gasteiger partial charge in [-0.25, -0.2) is 4.79 Å². The Labute approximate surface area is 89.0 Å². The number of hydrogen-bond acceptors (Lipinski definition) is 2. The zero-order valence-corrected chi connectivity index (χ0v) is 8.95. The normalized spacial score (nSPS) is 30.3. The van der Waals surface area contributed by atoms with Crippen molar-refractivity contribution in [3.05, 3.63) is 0 Å². The van der Waals surface area contributed by atoms with Gasteiger partial charge in [-0.3, -0.25) is 4.79 Å². The Bertz CT molecular complexity index is 301. The van der Waals surface area contributed by atoms with Crippen molar-refractivity contribution < 1.29 is 9.59 Å². The van der Waals surface area contributed by atoms with Crippen molar-refractivity contribution in [3.8, 4) is 0 Å². The molecule has 1 aliphatic carbocycles. The van der Waals surface area contributed by atoms with E-state index in [0.29, 0.717) is 25.6 Å². The number of nitrogens with two attached hydrogens (primary N) is 1. The van der Waals surface area contributed by atoms with Crippen molar-refractivity contribution in [1.82, 2.24) is 10.2 Å². The average Bonchev–Trinajstić information content (AvgIpc) is 2.87. The van der Waals surface area contributed by atoms with E-state index in [4.69, 9.17) is 5.73 Å². The highest BCUT2D eigenvalue weighted by Crippen LogP contribution is 2.29. The zero-order valence-electron chi connectivity index (χ0n) is 8.95. The van der Waals surface area contributed by atoms with Crippen molar-refractivity contribution in [2.75, 3.05) is 13.1 Å². The van der Waals surface area contributed by atoms with Gasteiger partial charge >= 0.3 is 6.03 Å². The molecular formula is C10H17N3O2. The van der Waals surface area contributed by atoms with Crippen molar-refractivity contribution in [2.45, 2.75) is 32.2 Å². The molecule has 84 valence electrons. The summed E-state index contributed by atoms with van der Waals surface area (Å²) in [7, 11) is 0. The predicted molar refractivity (Wildman–Crippen MR) is 55.0 cm³/mol. The largest absolute Gasteiger partial charge is 0.369 e. The van der Waals surface area contributed by atoms with E-state index in [1.54, 1.807) is 4.90 Å². The van der Waals surface area contributed by atoms with Crippen LogP contribution in [0.2, 0.25) is 0 Å². The topological polar surface area (TPSA) is 75.4 Å². The molecule has 2 fully saturated rings. The Kier molecular flexibility index (Phi) is 2.32. The zero-order chi connectivity index (χ0) is 11.1. The third-order valence-electron chi connectivity index (χ3n) is 3.26. The van der Waals surface area contributed by atoms with E-state index in [0.717, 1.165) is 12.8 Å². The molecule has 3 N–H and O–H groups in total. The van der Waals surface area contributed by atoms with E-state index in [1.807, 2.05) is 6.92 Å². The van der Waals surface area contributed by atoms with Gasteiger partial charge in [0.1, 0.15) is 0 Å². The molecule has 0 aromatic rings. The van der Waals surface area contributed by atoms with Gasteiger partial charge in [0, 0.05) is 19.1 Å². The highest BCUT2D eigenvalue weighted by molar-refractivity contribution is 5.83. The summed E-state index contributed by atoms with van der Waals surface area (Å²) in [5, 5.41) is 2.91. The van der Waals surface area contributed by atoms with Gasteiger partial charge in [-0.05, 0) is 26.2 Å². The summed E-state index contributed by atoms with van der Waals surface area (Å²) in [6, 6.07) is 0.306. The predicted octanol–water partition coefficient (Wildman–Crippen LogP) is 0.0557. The second-order valence-electron chi connectivity index (χ2n) is 4.82. The van der Waals surface area contributed by atoms with Crippen LogP contribution in [-0.2, 0) is 4.79 Å². The Hall–Kier alpha value is -1.26. The SMILES string of the molecule is CC1(C(N)=O)CCN(C(=O)NC2CC2)C1. The lowest BCUT2D eigenvalue weighted by Gasteiger charge is -2.21. The van der Waals surface area contributed by atoms with E-state index in [1.165, 1.54) is 0 Å². The molecule has 2 aliphatic rings. The van der Waals surface area contributed by atoms with E-state index in [2.05, 4.69) is 5.32 Å². The fraction of sp³-hybridized carbons (Fsp3) is 0.800. The highest BCUT2D eigenvalue weighted by atomic mass is 16.2. The Morgan fingerprint density at radius 3 is 2.60 bits per heavy atom. The monoisotopic (exact) mass is 211 g/mol. The molecule has 0 aromatic heterocycles. The van der Waals surface area contributed by atoms with Gasteiger partial charge in [0.15, 0.2) is 0 Å². The standard InChI is InChI=1S/C10H17N3O2/c1-10(8(11)14)4-5-13(6-10)9(15)12-7-2-3-7/h7H,2-6H2,1H3,(H2,11,14)(H,12,15). The molecule has 5 nitrogen and oxygen atoms in total. The van der Waals surface area contributed by atoms with E-state index in [-0.39, 0.29) is 11.9 Å². The van der Waals surface area contributed by atoms with Gasteiger partial charge in [0.05, 0.1) is 5.41 Å². The number of primary amides is 1. The first-order valence-corrected chi connectivity index (χ1v) is 5.37. The van der Waals surface area contributed by atoms with Crippen LogP contribution in [0.4, 0.5) is 4.79 Å². The molecule has 2 rings (SSSR count). The second-order valence-corrected chi connectivity index (χ2v) is 4.82. The van der Waals surface area contributed by atoms with Gasteiger partial charge in [-0.15, -0.1) is 0 Å². The highest BCUT2D eigenvalue weighted by Gasteiger charge is 2.41. The summed E-state index contributed by atoms with van der Waals surface area (Å²) >= 11 is 0. The minimum absolute atomic E-state index is 0.0533. The number of likely N-dealkylation sites (tertiary alicyclic amines) is 1. The quantitative estimate of drug-likeness (QED) is 0.677. The lowest BCUT2D eigenvalue weighted by atomic mass is 9.89. The van der Waals surface area contributed by atoms with Crippen LogP contribution in [0, 0.1) is 5.41 Å². The molecule has 0 bridgehead atoms. The molecule has 0 radical (unpaired) electrons. The number of rotatable bonds is 2. The molecule has 1 saturated heterocycles. The van der Waals surface area contributed by atoms with E-state index in [9.17, 15) is 9.59 Å². The maximum absolute atomic E-state index is 11.7. The smallest absolute Gasteiger partial charge is 0.317 e. The second kappa shape index (κ2) is 3.40. The van der Waals surface area contributed by atoms with Crippen LogP contribution in [0.15, 0.2) is 0 Å². The summed E-state index contributed by atoms with van der Waals surface area (Å²) in [6.07, 6.45) is 2.82. The van der Waals surface area contributed by atoms with Crippen LogP contribution in [0.1, 0.15) is 26.2 Å². The molecule has 0 spiro atoms. The van der Waals surface area contributed by atoms with Crippen molar-refractivity contribution in [2.24, 2.45) is 11.1 Å². The molecule has 5 heteroatoms. The lowest BCUT2D eigenvalue weighted by Crippen LogP contribution is -2.43. The van der Waals surface area contributed by atoms with Crippen LogP contribution in [0.3, 0.4) is 0 Å². The first kappa shape index (κ1) is 10.3. The first-order valence-electron chi connectivity index (χ1n) is 5.37. The summed E-state index contributed by atoms with van der Waals surface area (Å²) < 4.78 is 0. The maximum Gasteiger partial charge on any atom is 0.317 e.